The number of nitrogens with two attached hydrogens (primary N) is 1. The lowest BCUT2D eigenvalue weighted by Crippen LogP contribution is -2.41. The SMILES string of the molecule is NCCOC1(OCCNC(=O)OCc2ccccc2)CCCCC1. The van der Waals surface area contributed by atoms with Gasteiger partial charge in [0.25, 0.3) is 0 Å². The zero-order valence-corrected chi connectivity index (χ0v) is 14.2. The lowest BCUT2D eigenvalue weighted by molar-refractivity contribution is -0.250. The maximum Gasteiger partial charge on any atom is 0.407 e. The highest BCUT2D eigenvalue weighted by atomic mass is 16.7. The fourth-order valence-corrected chi connectivity index (χ4v) is 2.83. The number of alkyl carbamates (subject to hydrolysis) is 1. The van der Waals surface area contributed by atoms with Crippen molar-refractivity contribution >= 4 is 6.09 Å². The van der Waals surface area contributed by atoms with E-state index in [1.165, 1.54) is 6.42 Å². The van der Waals surface area contributed by atoms with Gasteiger partial charge in [0.2, 0.25) is 0 Å². The molecule has 1 aliphatic rings. The quantitative estimate of drug-likeness (QED) is 0.535. The summed E-state index contributed by atoms with van der Waals surface area (Å²) in [5.41, 5.74) is 6.48. The first-order valence-electron chi connectivity index (χ1n) is 8.67. The van der Waals surface area contributed by atoms with Gasteiger partial charge in [-0.25, -0.2) is 4.79 Å². The van der Waals surface area contributed by atoms with Crippen LogP contribution in [0.4, 0.5) is 4.79 Å². The maximum absolute atomic E-state index is 11.7. The standard InChI is InChI=1S/C18H28N2O4/c19-11-13-23-18(9-5-2-6-10-18)24-14-12-20-17(21)22-15-16-7-3-1-4-8-16/h1,3-4,7-8H,2,5-6,9-15,19H2,(H,20,21). The van der Waals surface area contributed by atoms with Crippen molar-refractivity contribution in [1.29, 1.82) is 0 Å². The van der Waals surface area contributed by atoms with Crippen LogP contribution in [-0.2, 0) is 20.8 Å². The predicted octanol–water partition coefficient (Wildman–Crippen LogP) is 2.57. The number of hydrogen-bond donors (Lipinski definition) is 2. The first-order valence-corrected chi connectivity index (χ1v) is 8.67. The molecule has 24 heavy (non-hydrogen) atoms. The molecule has 1 amide bonds. The Morgan fingerprint density at radius 1 is 1.08 bits per heavy atom. The van der Waals surface area contributed by atoms with Crippen LogP contribution in [0.5, 0.6) is 0 Å². The van der Waals surface area contributed by atoms with Gasteiger partial charge in [0, 0.05) is 25.9 Å². The van der Waals surface area contributed by atoms with E-state index in [9.17, 15) is 4.79 Å². The molecule has 0 atom stereocenters. The van der Waals surface area contributed by atoms with Crippen molar-refractivity contribution in [3.63, 3.8) is 0 Å². The first kappa shape index (κ1) is 18.7. The number of hydrogen-bond acceptors (Lipinski definition) is 5. The van der Waals surface area contributed by atoms with Crippen LogP contribution in [0, 0.1) is 0 Å². The van der Waals surface area contributed by atoms with Crippen LogP contribution >= 0.6 is 0 Å². The minimum Gasteiger partial charge on any atom is -0.445 e. The fourth-order valence-electron chi connectivity index (χ4n) is 2.83. The summed E-state index contributed by atoms with van der Waals surface area (Å²) in [6.07, 6.45) is 4.72. The van der Waals surface area contributed by atoms with Crippen LogP contribution < -0.4 is 11.1 Å². The third-order valence-corrected chi connectivity index (χ3v) is 4.05. The van der Waals surface area contributed by atoms with Gasteiger partial charge >= 0.3 is 6.09 Å². The summed E-state index contributed by atoms with van der Waals surface area (Å²) in [7, 11) is 0. The largest absolute Gasteiger partial charge is 0.445 e. The van der Waals surface area contributed by atoms with Crippen LogP contribution in [0.25, 0.3) is 0 Å². The zero-order valence-electron chi connectivity index (χ0n) is 14.2. The van der Waals surface area contributed by atoms with Gasteiger partial charge in [-0.05, 0) is 18.4 Å². The van der Waals surface area contributed by atoms with Crippen molar-refractivity contribution in [3.05, 3.63) is 35.9 Å². The molecule has 1 fully saturated rings. The molecule has 6 nitrogen and oxygen atoms in total. The highest BCUT2D eigenvalue weighted by molar-refractivity contribution is 5.67. The van der Waals surface area contributed by atoms with E-state index in [0.717, 1.165) is 31.2 Å². The molecule has 1 aromatic carbocycles. The molecule has 1 aromatic rings. The maximum atomic E-state index is 11.7. The molecule has 0 unspecified atom stereocenters. The summed E-state index contributed by atoms with van der Waals surface area (Å²) in [4.78, 5) is 11.7. The Hall–Kier alpha value is -1.63. The number of amides is 1. The third-order valence-electron chi connectivity index (χ3n) is 4.05. The highest BCUT2D eigenvalue weighted by Crippen LogP contribution is 2.32. The normalized spacial score (nSPS) is 16.5. The Morgan fingerprint density at radius 3 is 2.50 bits per heavy atom. The summed E-state index contributed by atoms with van der Waals surface area (Å²) >= 11 is 0. The van der Waals surface area contributed by atoms with Gasteiger partial charge in [-0.3, -0.25) is 0 Å². The van der Waals surface area contributed by atoms with E-state index >= 15 is 0 Å². The summed E-state index contributed by atoms with van der Waals surface area (Å²) in [5, 5.41) is 2.70. The summed E-state index contributed by atoms with van der Waals surface area (Å²) in [5.74, 6) is -0.534. The smallest absolute Gasteiger partial charge is 0.407 e. The molecule has 0 aromatic heterocycles. The Balaban J connectivity index is 1.64. The predicted molar refractivity (Wildman–Crippen MR) is 91.4 cm³/mol. The van der Waals surface area contributed by atoms with E-state index < -0.39 is 11.9 Å². The van der Waals surface area contributed by atoms with Crippen LogP contribution in [0.15, 0.2) is 30.3 Å². The second-order valence-electron chi connectivity index (χ2n) is 5.95. The third kappa shape index (κ3) is 6.47. The molecule has 0 spiro atoms. The lowest BCUT2D eigenvalue weighted by atomic mass is 9.94. The number of benzene rings is 1. The summed E-state index contributed by atoms with van der Waals surface area (Å²) in [6, 6.07) is 9.58. The topological polar surface area (TPSA) is 82.8 Å². The van der Waals surface area contributed by atoms with Crippen LogP contribution in [0.1, 0.15) is 37.7 Å². The molecule has 0 heterocycles. The van der Waals surface area contributed by atoms with E-state index in [0.29, 0.717) is 26.3 Å². The fraction of sp³-hybridized carbons (Fsp3) is 0.611. The van der Waals surface area contributed by atoms with E-state index in [4.69, 9.17) is 19.9 Å². The zero-order chi connectivity index (χ0) is 17.1. The Morgan fingerprint density at radius 2 is 1.79 bits per heavy atom. The number of carbonyl (C=O) groups excluding carboxylic acids is 1. The van der Waals surface area contributed by atoms with Crippen LogP contribution in [-0.4, -0.2) is 38.2 Å². The van der Waals surface area contributed by atoms with E-state index in [-0.39, 0.29) is 6.61 Å². The van der Waals surface area contributed by atoms with Gasteiger partial charge in [0.15, 0.2) is 5.79 Å². The van der Waals surface area contributed by atoms with Crippen molar-refractivity contribution < 1.29 is 19.0 Å². The van der Waals surface area contributed by atoms with Crippen molar-refractivity contribution in [3.8, 4) is 0 Å². The Kier molecular flexibility index (Phi) is 8.01. The molecule has 6 heteroatoms. The molecule has 0 aliphatic heterocycles. The monoisotopic (exact) mass is 336 g/mol. The molecule has 3 N–H and O–H groups in total. The van der Waals surface area contributed by atoms with E-state index in [2.05, 4.69) is 5.32 Å². The van der Waals surface area contributed by atoms with Crippen molar-refractivity contribution in [1.82, 2.24) is 5.32 Å². The van der Waals surface area contributed by atoms with Gasteiger partial charge in [-0.15, -0.1) is 0 Å². The second-order valence-corrected chi connectivity index (χ2v) is 5.95. The van der Waals surface area contributed by atoms with Crippen molar-refractivity contribution in [2.45, 2.75) is 44.5 Å². The molecule has 2 rings (SSSR count). The molecule has 0 saturated heterocycles. The first-order chi connectivity index (χ1) is 11.7. The second kappa shape index (κ2) is 10.3. The lowest BCUT2D eigenvalue weighted by Gasteiger charge is -2.37. The molecular weight excluding hydrogens is 308 g/mol. The van der Waals surface area contributed by atoms with Gasteiger partial charge < -0.3 is 25.3 Å². The van der Waals surface area contributed by atoms with Crippen LogP contribution in [0.3, 0.4) is 0 Å². The van der Waals surface area contributed by atoms with Crippen molar-refractivity contribution in [2.24, 2.45) is 5.73 Å². The molecule has 0 radical (unpaired) electrons. The average Bonchev–Trinajstić information content (AvgIpc) is 2.64. The molecular formula is C18H28N2O4. The number of carbonyl (C=O) groups is 1. The highest BCUT2D eigenvalue weighted by Gasteiger charge is 2.33. The molecule has 134 valence electrons. The van der Waals surface area contributed by atoms with Gasteiger partial charge in [0.1, 0.15) is 6.61 Å². The van der Waals surface area contributed by atoms with Gasteiger partial charge in [0.05, 0.1) is 13.2 Å². The Labute approximate surface area is 143 Å². The van der Waals surface area contributed by atoms with E-state index in [1.807, 2.05) is 30.3 Å². The average molecular weight is 336 g/mol. The number of nitrogens with one attached hydrogen (secondary N) is 1. The minimum atomic E-state index is -0.534. The summed E-state index contributed by atoms with van der Waals surface area (Å²) in [6.45, 7) is 2.02. The molecule has 0 bridgehead atoms. The minimum absolute atomic E-state index is 0.261. The number of rotatable bonds is 9. The van der Waals surface area contributed by atoms with Crippen LogP contribution in [0.2, 0.25) is 0 Å². The Bertz CT molecular complexity index is 475. The van der Waals surface area contributed by atoms with Crippen molar-refractivity contribution in [2.75, 3.05) is 26.3 Å². The van der Waals surface area contributed by atoms with E-state index in [1.54, 1.807) is 0 Å². The summed E-state index contributed by atoms with van der Waals surface area (Å²) < 4.78 is 16.9. The van der Waals surface area contributed by atoms with Gasteiger partial charge in [-0.2, -0.15) is 0 Å². The number of ether oxygens (including phenoxy) is 3. The molecule has 1 saturated carbocycles. The van der Waals surface area contributed by atoms with Gasteiger partial charge in [-0.1, -0.05) is 36.8 Å². The molecule has 1 aliphatic carbocycles.